The van der Waals surface area contributed by atoms with Crippen molar-refractivity contribution in [1.82, 2.24) is 9.55 Å². The number of nitrogens with zero attached hydrogens (tertiary/aromatic N) is 3. The third kappa shape index (κ3) is 2.59. The van der Waals surface area contributed by atoms with Crippen molar-refractivity contribution in [3.63, 3.8) is 0 Å². The molecule has 4 N–H and O–H groups in total. The average Bonchev–Trinajstić information content (AvgIpc) is 3.10. The number of phenolic OH excluding ortho intramolecular Hbond substituents is 1. The Balaban J connectivity index is 1.75. The number of aromatic hydroxyl groups is 1. The molecule has 0 unspecified atom stereocenters. The number of amidine groups is 1. The predicted octanol–water partition coefficient (Wildman–Crippen LogP) is 1.79. The topological polar surface area (TPSA) is 140 Å². The summed E-state index contributed by atoms with van der Waals surface area (Å²) >= 11 is 0. The molecule has 0 fully saturated rings. The molecule has 1 atom stereocenters. The molecular weight excluding hydrogens is 400 g/mol. The minimum absolute atomic E-state index is 0.0421. The van der Waals surface area contributed by atoms with Crippen molar-refractivity contribution in [1.29, 1.82) is 0 Å². The number of ether oxygens (including phenoxy) is 1. The fourth-order valence-electron chi connectivity index (χ4n) is 4.31. The molecule has 2 aliphatic rings. The molecule has 31 heavy (non-hydrogen) atoms. The van der Waals surface area contributed by atoms with Gasteiger partial charge in [0, 0.05) is 16.5 Å². The fraction of sp³-hybridized carbons (Fsp3) is 0.273. The molecule has 0 aliphatic carbocycles. The Bertz CT molecular complexity index is 1390. The van der Waals surface area contributed by atoms with Crippen molar-refractivity contribution in [2.45, 2.75) is 39.0 Å². The maximum atomic E-state index is 13.2. The summed E-state index contributed by atoms with van der Waals surface area (Å²) in [5.74, 6) is -0.488. The number of carbonyl (C=O) groups is 1. The van der Waals surface area contributed by atoms with Gasteiger partial charge in [0.05, 0.1) is 34.8 Å². The molecule has 2 aliphatic heterocycles. The van der Waals surface area contributed by atoms with Crippen LogP contribution in [0.4, 0.5) is 5.69 Å². The number of hydrogen-bond acceptors (Lipinski definition) is 7. The number of fused-ring (bicyclic) bond motifs is 5. The van der Waals surface area contributed by atoms with Crippen LogP contribution in [0.5, 0.6) is 5.75 Å². The lowest BCUT2D eigenvalue weighted by Crippen LogP contribution is -2.44. The molecule has 158 valence electrons. The summed E-state index contributed by atoms with van der Waals surface area (Å²) in [5.41, 5.74) is 6.64. The van der Waals surface area contributed by atoms with E-state index in [0.717, 1.165) is 5.56 Å². The van der Waals surface area contributed by atoms with Crippen LogP contribution >= 0.6 is 0 Å². The van der Waals surface area contributed by atoms with E-state index in [2.05, 4.69) is 9.98 Å². The molecule has 9 nitrogen and oxygen atoms in total. The van der Waals surface area contributed by atoms with E-state index in [0.29, 0.717) is 33.8 Å². The van der Waals surface area contributed by atoms with Gasteiger partial charge in [-0.25, -0.2) is 14.8 Å². The summed E-state index contributed by atoms with van der Waals surface area (Å²) in [6.45, 7) is 3.36. The van der Waals surface area contributed by atoms with E-state index in [1.807, 2.05) is 0 Å². The Hall–Kier alpha value is -3.72. The smallest absolute Gasteiger partial charge is 0.343 e. The number of aliphatic imine (C=N–C) groups is 1. The maximum absolute atomic E-state index is 13.2. The number of phenols is 1. The average molecular weight is 420 g/mol. The number of aliphatic hydroxyl groups is 1. The van der Waals surface area contributed by atoms with Gasteiger partial charge in [-0.05, 0) is 37.6 Å². The molecule has 9 heteroatoms. The van der Waals surface area contributed by atoms with Gasteiger partial charge in [0.2, 0.25) is 0 Å². The van der Waals surface area contributed by atoms with Gasteiger partial charge in [0.25, 0.3) is 5.56 Å². The monoisotopic (exact) mass is 420 g/mol. The summed E-state index contributed by atoms with van der Waals surface area (Å²) in [5, 5.41) is 22.1. The van der Waals surface area contributed by atoms with Crippen molar-refractivity contribution in [2.24, 2.45) is 10.7 Å². The normalized spacial score (nSPS) is 19.7. The van der Waals surface area contributed by atoms with Crippen LogP contribution in [0.1, 0.15) is 37.0 Å². The highest BCUT2D eigenvalue weighted by Crippen LogP contribution is 2.41. The molecule has 5 rings (SSSR count). The highest BCUT2D eigenvalue weighted by Gasteiger charge is 2.45. The summed E-state index contributed by atoms with van der Waals surface area (Å²) in [6.07, 6.45) is 0.0808. The van der Waals surface area contributed by atoms with Gasteiger partial charge in [-0.1, -0.05) is 6.92 Å². The first-order chi connectivity index (χ1) is 14.7. The van der Waals surface area contributed by atoms with Crippen LogP contribution in [0.3, 0.4) is 0 Å². The van der Waals surface area contributed by atoms with Crippen molar-refractivity contribution < 1.29 is 19.7 Å². The number of pyridine rings is 2. The quantitative estimate of drug-likeness (QED) is 0.255. The highest BCUT2D eigenvalue weighted by molar-refractivity contribution is 5.94. The van der Waals surface area contributed by atoms with Crippen molar-refractivity contribution >= 4 is 28.4 Å². The second kappa shape index (κ2) is 6.39. The molecule has 1 aromatic carbocycles. The number of carbonyl (C=O) groups excluding carboxylic acids is 1. The molecule has 0 radical (unpaired) electrons. The van der Waals surface area contributed by atoms with Crippen molar-refractivity contribution in [3.8, 4) is 17.1 Å². The third-order valence-electron chi connectivity index (χ3n) is 5.94. The molecule has 3 aromatic rings. The number of aromatic nitrogens is 2. The summed E-state index contributed by atoms with van der Waals surface area (Å²) in [6, 6.07) is 6.77. The van der Waals surface area contributed by atoms with E-state index in [9.17, 15) is 19.8 Å². The van der Waals surface area contributed by atoms with Gasteiger partial charge < -0.3 is 25.3 Å². The maximum Gasteiger partial charge on any atom is 0.343 e. The fourth-order valence-corrected chi connectivity index (χ4v) is 4.31. The van der Waals surface area contributed by atoms with Crippen molar-refractivity contribution in [2.75, 3.05) is 0 Å². The van der Waals surface area contributed by atoms with Gasteiger partial charge in [0.1, 0.15) is 12.3 Å². The van der Waals surface area contributed by atoms with E-state index in [-0.39, 0.29) is 42.0 Å². The molecular formula is C22H20N4O5. The number of nitrogens with two attached hydrogens (primary N) is 1. The number of hydrogen-bond donors (Lipinski definition) is 3. The van der Waals surface area contributed by atoms with Gasteiger partial charge in [-0.3, -0.25) is 4.79 Å². The second-order valence-corrected chi connectivity index (χ2v) is 7.85. The first-order valence-corrected chi connectivity index (χ1v) is 9.88. The van der Waals surface area contributed by atoms with Gasteiger partial charge in [-0.15, -0.1) is 0 Å². The summed E-state index contributed by atoms with van der Waals surface area (Å²) < 4.78 is 6.62. The van der Waals surface area contributed by atoms with E-state index >= 15 is 0 Å². The minimum Gasteiger partial charge on any atom is -0.505 e. The van der Waals surface area contributed by atoms with Gasteiger partial charge in [-0.2, -0.15) is 0 Å². The van der Waals surface area contributed by atoms with E-state index in [1.54, 1.807) is 42.7 Å². The van der Waals surface area contributed by atoms with Crippen LogP contribution in [-0.4, -0.2) is 31.6 Å². The number of esters is 1. The molecule has 0 amide bonds. The standard InChI is InChI=1S/C22H20N4O5/c1-3-22(30)14-7-17-18-11(8-26(17)20(28)13(14)9-31-21(22)29)6-12-15(25-18)4-5-16(19(12)27)24-10(2)23/h4-7,27,30H,3,8-9H2,1-2H3,(H2,23,24)/t22-/m0/s1. The minimum atomic E-state index is -1.87. The Morgan fingerprint density at radius 3 is 2.84 bits per heavy atom. The molecule has 2 aromatic heterocycles. The SMILES string of the molecule is CC[C@@]1(O)C(=O)OCc2c1cc1n(c2=O)Cc2cc3c(O)c(N=C(C)N)ccc3nc2-1. The number of rotatable bonds is 2. The Morgan fingerprint density at radius 2 is 2.13 bits per heavy atom. The van der Waals surface area contributed by atoms with Gasteiger partial charge >= 0.3 is 5.97 Å². The Labute approximate surface area is 176 Å². The van der Waals surface area contributed by atoms with E-state index in [4.69, 9.17) is 10.5 Å². The van der Waals surface area contributed by atoms with Gasteiger partial charge in [0.15, 0.2) is 11.4 Å². The molecule has 0 saturated heterocycles. The molecule has 0 saturated carbocycles. The summed E-state index contributed by atoms with van der Waals surface area (Å²) in [7, 11) is 0. The summed E-state index contributed by atoms with van der Waals surface area (Å²) in [4.78, 5) is 34.2. The first-order valence-electron chi connectivity index (χ1n) is 9.88. The number of cyclic esters (lactones) is 1. The van der Waals surface area contributed by atoms with Crippen LogP contribution in [0, 0.1) is 0 Å². The van der Waals surface area contributed by atoms with Crippen LogP contribution in [-0.2, 0) is 28.3 Å². The van der Waals surface area contributed by atoms with Crippen LogP contribution in [0.15, 0.2) is 34.1 Å². The third-order valence-corrected chi connectivity index (χ3v) is 5.94. The lowest BCUT2D eigenvalue weighted by Gasteiger charge is -2.31. The lowest BCUT2D eigenvalue weighted by atomic mass is 9.86. The van der Waals surface area contributed by atoms with Crippen molar-refractivity contribution in [3.05, 3.63) is 51.3 Å². The zero-order valence-electron chi connectivity index (χ0n) is 17.0. The highest BCUT2D eigenvalue weighted by atomic mass is 16.6. The number of benzene rings is 1. The van der Waals surface area contributed by atoms with Crippen LogP contribution in [0.25, 0.3) is 22.3 Å². The Kier molecular flexibility index (Phi) is 3.97. The first kappa shape index (κ1) is 19.3. The van der Waals surface area contributed by atoms with E-state index < -0.39 is 11.6 Å². The molecule has 4 heterocycles. The van der Waals surface area contributed by atoms with E-state index in [1.165, 1.54) is 0 Å². The zero-order chi connectivity index (χ0) is 22.1. The largest absolute Gasteiger partial charge is 0.505 e. The second-order valence-electron chi connectivity index (χ2n) is 7.85. The van der Waals surface area contributed by atoms with Crippen LogP contribution in [0.2, 0.25) is 0 Å². The lowest BCUT2D eigenvalue weighted by molar-refractivity contribution is -0.172. The zero-order valence-corrected chi connectivity index (χ0v) is 17.0. The Morgan fingerprint density at radius 1 is 1.35 bits per heavy atom. The molecule has 0 spiro atoms. The predicted molar refractivity (Wildman–Crippen MR) is 113 cm³/mol. The molecule has 0 bridgehead atoms. The van der Waals surface area contributed by atoms with Crippen LogP contribution < -0.4 is 11.3 Å².